The Labute approximate surface area is 186 Å². The Kier molecular flexibility index (Phi) is 8.60. The van der Waals surface area contributed by atoms with E-state index < -0.39 is 17.5 Å². The number of aliphatic hydroxyl groups is 1. The van der Waals surface area contributed by atoms with Crippen LogP contribution in [0.15, 0.2) is 53.4 Å². The molecule has 0 heterocycles. The van der Waals surface area contributed by atoms with Gasteiger partial charge in [-0.1, -0.05) is 42.8 Å². The Morgan fingerprint density at radius 2 is 2.00 bits per heavy atom. The fourth-order valence-corrected chi connectivity index (χ4v) is 4.90. The summed E-state index contributed by atoms with van der Waals surface area (Å²) in [6.07, 6.45) is 3.23. The fourth-order valence-electron chi connectivity index (χ4n) is 3.88. The lowest BCUT2D eigenvalue weighted by molar-refractivity contribution is -0.127. The third-order valence-corrected chi connectivity index (χ3v) is 6.97. The number of amides is 1. The van der Waals surface area contributed by atoms with Crippen molar-refractivity contribution >= 4 is 28.9 Å². The van der Waals surface area contributed by atoms with E-state index in [1.54, 1.807) is 24.3 Å². The molecule has 0 aliphatic heterocycles. The summed E-state index contributed by atoms with van der Waals surface area (Å²) in [5, 5.41) is 14.2. The number of carbonyl (C=O) groups excluding carboxylic acids is 1. The lowest BCUT2D eigenvalue weighted by Crippen LogP contribution is -2.39. The summed E-state index contributed by atoms with van der Waals surface area (Å²) in [7, 11) is 0. The minimum Gasteiger partial charge on any atom is -0.593 e. The standard InChI is InChI=1S/C23H29ClN2O3S/c1-2-16(14-19(27)15-25-30(29)20-12-10-18(24)11-13-20)23(28)26-22-9-5-7-17-6-3-4-8-21(17)22/h3-4,6,8,10-13,16,19,22,25,27H,2,5,7,9,14-15H2,1H3,(H,26,28)/t16-,19+,22-,30?/m1/s1. The molecule has 30 heavy (non-hydrogen) atoms. The molecule has 3 N–H and O–H groups in total. The zero-order chi connectivity index (χ0) is 21.5. The van der Waals surface area contributed by atoms with Crippen LogP contribution in [0.1, 0.15) is 49.8 Å². The van der Waals surface area contributed by atoms with Crippen LogP contribution in [0.3, 0.4) is 0 Å². The SMILES string of the molecule is CC[C@H](C[C@H](O)CN[S+]([O-])c1ccc(Cl)cc1)C(=O)N[C@@H]1CCCc2ccccc21. The van der Waals surface area contributed by atoms with Gasteiger partial charge >= 0.3 is 0 Å². The van der Waals surface area contributed by atoms with Crippen molar-refractivity contribution in [3.8, 4) is 0 Å². The predicted octanol–water partition coefficient (Wildman–Crippen LogP) is 3.92. The van der Waals surface area contributed by atoms with Crippen LogP contribution in [0.4, 0.5) is 0 Å². The molecule has 1 amide bonds. The highest BCUT2D eigenvalue weighted by Crippen LogP contribution is 2.30. The van der Waals surface area contributed by atoms with E-state index in [9.17, 15) is 14.5 Å². The molecule has 7 heteroatoms. The number of benzene rings is 2. The van der Waals surface area contributed by atoms with Gasteiger partial charge in [-0.3, -0.25) is 4.79 Å². The minimum absolute atomic E-state index is 0.0305. The van der Waals surface area contributed by atoms with Crippen LogP contribution in [0.2, 0.25) is 5.02 Å². The molecule has 0 fully saturated rings. The summed E-state index contributed by atoms with van der Waals surface area (Å²) in [5.74, 6) is -0.322. The lowest BCUT2D eigenvalue weighted by Gasteiger charge is -2.28. The second kappa shape index (κ2) is 11.2. The first kappa shape index (κ1) is 23.1. The molecule has 162 valence electrons. The van der Waals surface area contributed by atoms with E-state index in [1.807, 2.05) is 19.1 Å². The van der Waals surface area contributed by atoms with E-state index in [4.69, 9.17) is 11.6 Å². The molecule has 2 aromatic rings. The second-order valence-corrected chi connectivity index (χ2v) is 9.45. The van der Waals surface area contributed by atoms with E-state index in [0.29, 0.717) is 22.8 Å². The molecule has 0 radical (unpaired) electrons. The van der Waals surface area contributed by atoms with E-state index >= 15 is 0 Å². The van der Waals surface area contributed by atoms with Crippen LogP contribution in [-0.4, -0.2) is 28.2 Å². The number of fused-ring (bicyclic) bond motifs is 1. The number of hydrogen-bond donors (Lipinski definition) is 3. The molecular formula is C23H29ClN2O3S. The highest BCUT2D eigenvalue weighted by molar-refractivity contribution is 7.89. The van der Waals surface area contributed by atoms with Crippen molar-refractivity contribution in [1.82, 2.24) is 10.0 Å². The Balaban J connectivity index is 1.50. The highest BCUT2D eigenvalue weighted by atomic mass is 35.5. The van der Waals surface area contributed by atoms with Crippen LogP contribution in [0.5, 0.6) is 0 Å². The van der Waals surface area contributed by atoms with Crippen molar-refractivity contribution in [1.29, 1.82) is 0 Å². The highest BCUT2D eigenvalue weighted by Gasteiger charge is 2.26. The zero-order valence-electron chi connectivity index (χ0n) is 17.1. The number of aryl methyl sites for hydroxylation is 1. The number of hydrogen-bond acceptors (Lipinski definition) is 4. The smallest absolute Gasteiger partial charge is 0.223 e. The molecule has 0 saturated carbocycles. The Morgan fingerprint density at radius 1 is 1.27 bits per heavy atom. The number of rotatable bonds is 9. The van der Waals surface area contributed by atoms with E-state index in [1.165, 1.54) is 11.1 Å². The molecule has 2 aromatic carbocycles. The third-order valence-electron chi connectivity index (χ3n) is 5.58. The van der Waals surface area contributed by atoms with Crippen molar-refractivity contribution in [2.75, 3.05) is 6.54 Å². The molecule has 3 rings (SSSR count). The normalized spacial score (nSPS) is 18.9. The van der Waals surface area contributed by atoms with Crippen molar-refractivity contribution in [3.63, 3.8) is 0 Å². The Bertz CT molecular complexity index is 833. The van der Waals surface area contributed by atoms with Crippen LogP contribution < -0.4 is 10.0 Å². The fraction of sp³-hybridized carbons (Fsp3) is 0.435. The number of nitrogens with one attached hydrogen (secondary N) is 2. The van der Waals surface area contributed by atoms with Gasteiger partial charge in [-0.05, 0) is 67.5 Å². The first-order valence-corrected chi connectivity index (χ1v) is 12.0. The summed E-state index contributed by atoms with van der Waals surface area (Å²) in [4.78, 5) is 13.5. The summed E-state index contributed by atoms with van der Waals surface area (Å²) in [5.41, 5.74) is 2.50. The number of halogens is 1. The van der Waals surface area contributed by atoms with Gasteiger partial charge in [0.05, 0.1) is 30.1 Å². The van der Waals surface area contributed by atoms with Gasteiger partial charge in [0.25, 0.3) is 0 Å². The first-order valence-electron chi connectivity index (χ1n) is 10.4. The predicted molar refractivity (Wildman–Crippen MR) is 121 cm³/mol. The topological polar surface area (TPSA) is 84.4 Å². The minimum atomic E-state index is -1.44. The summed E-state index contributed by atoms with van der Waals surface area (Å²) in [6, 6.07) is 15.0. The quantitative estimate of drug-likeness (QED) is 0.507. The molecule has 1 aliphatic rings. The molecule has 1 unspecified atom stereocenters. The van der Waals surface area contributed by atoms with Gasteiger partial charge in [-0.15, -0.1) is 4.72 Å². The van der Waals surface area contributed by atoms with Crippen molar-refractivity contribution in [2.24, 2.45) is 5.92 Å². The monoisotopic (exact) mass is 448 g/mol. The molecular weight excluding hydrogens is 420 g/mol. The van der Waals surface area contributed by atoms with Crippen LogP contribution >= 0.6 is 11.6 Å². The number of aliphatic hydroxyl groups excluding tert-OH is 1. The zero-order valence-corrected chi connectivity index (χ0v) is 18.7. The van der Waals surface area contributed by atoms with Crippen molar-refractivity contribution in [2.45, 2.75) is 56.1 Å². The maximum atomic E-state index is 12.9. The molecule has 4 atom stereocenters. The molecule has 0 saturated heterocycles. The van der Waals surface area contributed by atoms with Crippen molar-refractivity contribution < 1.29 is 14.5 Å². The van der Waals surface area contributed by atoms with Gasteiger partial charge in [-0.2, -0.15) is 0 Å². The molecule has 1 aliphatic carbocycles. The first-order chi connectivity index (χ1) is 14.5. The maximum absolute atomic E-state index is 12.9. The van der Waals surface area contributed by atoms with Gasteiger partial charge in [-0.25, -0.2) is 0 Å². The third kappa shape index (κ3) is 6.22. The van der Waals surface area contributed by atoms with E-state index in [-0.39, 0.29) is 24.4 Å². The molecule has 0 bridgehead atoms. The van der Waals surface area contributed by atoms with E-state index in [0.717, 1.165) is 19.3 Å². The second-order valence-electron chi connectivity index (χ2n) is 7.72. The Hall–Kier alpha value is -1.57. The summed E-state index contributed by atoms with van der Waals surface area (Å²) < 4.78 is 15.1. The Morgan fingerprint density at radius 3 is 2.73 bits per heavy atom. The van der Waals surface area contributed by atoms with Gasteiger partial charge in [0.15, 0.2) is 4.90 Å². The average molecular weight is 449 g/mol. The van der Waals surface area contributed by atoms with Crippen LogP contribution in [-0.2, 0) is 22.6 Å². The van der Waals surface area contributed by atoms with Gasteiger partial charge in [0.1, 0.15) is 0 Å². The van der Waals surface area contributed by atoms with E-state index in [2.05, 4.69) is 22.2 Å². The van der Waals surface area contributed by atoms with Crippen molar-refractivity contribution in [3.05, 3.63) is 64.7 Å². The number of carbonyl (C=O) groups is 1. The van der Waals surface area contributed by atoms with Crippen LogP contribution in [0, 0.1) is 5.92 Å². The molecule has 0 spiro atoms. The summed E-state index contributed by atoms with van der Waals surface area (Å²) >= 11 is 4.41. The summed E-state index contributed by atoms with van der Waals surface area (Å²) in [6.45, 7) is 2.09. The maximum Gasteiger partial charge on any atom is 0.223 e. The van der Waals surface area contributed by atoms with Crippen LogP contribution in [0.25, 0.3) is 0 Å². The van der Waals surface area contributed by atoms with Gasteiger partial charge < -0.3 is 15.0 Å². The average Bonchev–Trinajstić information content (AvgIpc) is 2.76. The van der Waals surface area contributed by atoms with Gasteiger partial charge in [0.2, 0.25) is 5.91 Å². The van der Waals surface area contributed by atoms with Gasteiger partial charge in [0, 0.05) is 10.9 Å². The lowest BCUT2D eigenvalue weighted by atomic mass is 9.87. The molecule has 0 aromatic heterocycles. The largest absolute Gasteiger partial charge is 0.593 e. The molecule has 5 nitrogen and oxygen atoms in total.